The molecule has 6 rings (SSSR count). The second-order valence-electron chi connectivity index (χ2n) is 10.5. The van der Waals surface area contributed by atoms with Gasteiger partial charge in [0.15, 0.2) is 10.7 Å². The van der Waals surface area contributed by atoms with Gasteiger partial charge < -0.3 is 14.6 Å². The van der Waals surface area contributed by atoms with Crippen molar-refractivity contribution < 1.29 is 9.29 Å². The SMILES string of the molecule is CC1(C)Cc2cc(Nc3nn(C4CCCCC4)c4ccnc(OCc5ccccc5)c34)ccc2[S+]1[O-]. The van der Waals surface area contributed by atoms with Gasteiger partial charge in [-0.1, -0.05) is 49.6 Å². The molecule has 0 spiro atoms. The Morgan fingerprint density at radius 1 is 1.08 bits per heavy atom. The molecule has 186 valence electrons. The fraction of sp³-hybridized carbons (Fsp3) is 0.379. The van der Waals surface area contributed by atoms with E-state index in [0.717, 1.165) is 57.7 Å². The number of anilines is 2. The molecular weight excluding hydrogens is 468 g/mol. The lowest BCUT2D eigenvalue weighted by Gasteiger charge is -2.22. The van der Waals surface area contributed by atoms with Gasteiger partial charge in [0.1, 0.15) is 16.7 Å². The standard InChI is InChI=1S/C29H32N4O2S/c1-29(2)18-21-17-22(13-14-25(21)36(29)34)31-27-26-24(33(32-27)23-11-7-4-8-12-23)15-16-30-28(26)35-19-20-9-5-3-6-10-20/h3,5-6,9-10,13-17,23H,4,7-8,11-12,18-19H2,1-2H3,(H,31,32). The van der Waals surface area contributed by atoms with Gasteiger partial charge in [-0.15, -0.1) is 0 Å². The van der Waals surface area contributed by atoms with Gasteiger partial charge >= 0.3 is 0 Å². The van der Waals surface area contributed by atoms with Crippen LogP contribution in [0.3, 0.4) is 0 Å². The minimum Gasteiger partial charge on any atom is -0.611 e. The third-order valence-corrected chi connectivity index (χ3v) is 9.31. The van der Waals surface area contributed by atoms with E-state index in [4.69, 9.17) is 9.84 Å². The maximum atomic E-state index is 12.8. The van der Waals surface area contributed by atoms with E-state index in [-0.39, 0.29) is 4.75 Å². The molecule has 1 atom stereocenters. The maximum absolute atomic E-state index is 12.8. The van der Waals surface area contributed by atoms with E-state index >= 15 is 0 Å². The van der Waals surface area contributed by atoms with Crippen molar-refractivity contribution in [3.8, 4) is 5.88 Å². The molecule has 1 fully saturated rings. The third-order valence-electron chi connectivity index (χ3n) is 7.37. The van der Waals surface area contributed by atoms with Crippen molar-refractivity contribution in [1.29, 1.82) is 0 Å². The van der Waals surface area contributed by atoms with Gasteiger partial charge in [-0.05, 0) is 67.7 Å². The molecule has 6 nitrogen and oxygen atoms in total. The van der Waals surface area contributed by atoms with Crippen LogP contribution in [0.15, 0.2) is 65.7 Å². The molecule has 36 heavy (non-hydrogen) atoms. The molecule has 1 aliphatic carbocycles. The van der Waals surface area contributed by atoms with Crippen LogP contribution in [-0.2, 0) is 24.2 Å². The topological polar surface area (TPSA) is 75.0 Å². The summed E-state index contributed by atoms with van der Waals surface area (Å²) in [6.45, 7) is 4.58. The molecule has 0 radical (unpaired) electrons. The Balaban J connectivity index is 1.38. The number of hydrogen-bond acceptors (Lipinski definition) is 5. The highest BCUT2D eigenvalue weighted by molar-refractivity contribution is 7.93. The fourth-order valence-corrected chi connectivity index (χ4v) is 6.96. The lowest BCUT2D eigenvalue weighted by atomic mass is 9.95. The van der Waals surface area contributed by atoms with Crippen molar-refractivity contribution in [2.75, 3.05) is 5.32 Å². The summed E-state index contributed by atoms with van der Waals surface area (Å²) in [5.74, 6) is 1.34. The molecule has 0 saturated heterocycles. The molecule has 1 aliphatic heterocycles. The lowest BCUT2D eigenvalue weighted by Crippen LogP contribution is -2.27. The summed E-state index contributed by atoms with van der Waals surface area (Å²) in [6, 6.07) is 18.7. The molecule has 0 amide bonds. The van der Waals surface area contributed by atoms with E-state index in [1.54, 1.807) is 0 Å². The minimum absolute atomic E-state index is 0.238. The van der Waals surface area contributed by atoms with E-state index < -0.39 is 11.2 Å². The van der Waals surface area contributed by atoms with Crippen LogP contribution in [0, 0.1) is 0 Å². The van der Waals surface area contributed by atoms with Gasteiger partial charge in [-0.3, -0.25) is 4.68 Å². The van der Waals surface area contributed by atoms with Gasteiger partial charge in [0, 0.05) is 23.9 Å². The van der Waals surface area contributed by atoms with Crippen LogP contribution in [0.25, 0.3) is 10.9 Å². The number of nitrogens with one attached hydrogen (secondary N) is 1. The van der Waals surface area contributed by atoms with Crippen molar-refractivity contribution in [3.05, 3.63) is 71.9 Å². The highest BCUT2D eigenvalue weighted by Gasteiger charge is 2.42. The fourth-order valence-electron chi connectivity index (χ4n) is 5.52. The Morgan fingerprint density at radius 2 is 1.89 bits per heavy atom. The third kappa shape index (κ3) is 4.35. The molecule has 2 aromatic heterocycles. The molecule has 0 bridgehead atoms. The highest BCUT2D eigenvalue weighted by atomic mass is 32.2. The molecule has 4 aromatic rings. The number of ether oxygens (including phenoxy) is 1. The van der Waals surface area contributed by atoms with Crippen LogP contribution in [0.2, 0.25) is 0 Å². The first kappa shape index (κ1) is 23.4. The number of fused-ring (bicyclic) bond motifs is 2. The summed E-state index contributed by atoms with van der Waals surface area (Å²) < 4.78 is 21.0. The summed E-state index contributed by atoms with van der Waals surface area (Å²) in [5.41, 5.74) is 4.22. The highest BCUT2D eigenvalue weighted by Crippen LogP contribution is 2.41. The smallest absolute Gasteiger partial charge is 0.227 e. The zero-order valence-electron chi connectivity index (χ0n) is 20.9. The minimum atomic E-state index is -0.987. The lowest BCUT2D eigenvalue weighted by molar-refractivity contribution is 0.298. The van der Waals surface area contributed by atoms with E-state index in [9.17, 15) is 4.55 Å². The first-order valence-electron chi connectivity index (χ1n) is 12.9. The number of hydrogen-bond donors (Lipinski definition) is 1. The predicted molar refractivity (Wildman–Crippen MR) is 144 cm³/mol. The van der Waals surface area contributed by atoms with Crippen LogP contribution in [0.1, 0.15) is 63.1 Å². The molecule has 1 N–H and O–H groups in total. The van der Waals surface area contributed by atoms with Crippen molar-refractivity contribution in [1.82, 2.24) is 14.8 Å². The number of aromatic nitrogens is 3. The molecule has 1 unspecified atom stereocenters. The van der Waals surface area contributed by atoms with E-state index in [1.165, 1.54) is 19.3 Å². The largest absolute Gasteiger partial charge is 0.611 e. The van der Waals surface area contributed by atoms with Gasteiger partial charge in [0.05, 0.1) is 11.6 Å². The average molecular weight is 501 g/mol. The quantitative estimate of drug-likeness (QED) is 0.298. The van der Waals surface area contributed by atoms with Crippen LogP contribution < -0.4 is 10.1 Å². The summed E-state index contributed by atoms with van der Waals surface area (Å²) in [5, 5.41) is 9.56. The summed E-state index contributed by atoms with van der Waals surface area (Å²) in [6.07, 6.45) is 8.65. The van der Waals surface area contributed by atoms with E-state index in [1.807, 2.05) is 42.6 Å². The average Bonchev–Trinajstić information content (AvgIpc) is 3.37. The van der Waals surface area contributed by atoms with Crippen molar-refractivity contribution in [2.45, 2.75) is 74.7 Å². The monoisotopic (exact) mass is 500 g/mol. The summed E-state index contributed by atoms with van der Waals surface area (Å²) in [4.78, 5) is 5.56. The first-order chi connectivity index (χ1) is 17.5. The Labute approximate surface area is 215 Å². The maximum Gasteiger partial charge on any atom is 0.227 e. The molecular formula is C29H32N4O2S. The second-order valence-corrected chi connectivity index (χ2v) is 12.6. The van der Waals surface area contributed by atoms with E-state index in [2.05, 4.69) is 47.0 Å². The molecule has 3 heterocycles. The van der Waals surface area contributed by atoms with Crippen molar-refractivity contribution >= 4 is 33.6 Å². The van der Waals surface area contributed by atoms with Crippen LogP contribution in [0.4, 0.5) is 11.5 Å². The number of pyridine rings is 1. The zero-order valence-corrected chi connectivity index (χ0v) is 21.7. The van der Waals surface area contributed by atoms with E-state index in [0.29, 0.717) is 18.5 Å². The van der Waals surface area contributed by atoms with Crippen LogP contribution in [-0.4, -0.2) is 24.1 Å². The Hall–Kier alpha value is -3.03. The molecule has 2 aliphatic rings. The van der Waals surface area contributed by atoms with Gasteiger partial charge in [-0.2, -0.15) is 5.10 Å². The predicted octanol–water partition coefficient (Wildman–Crippen LogP) is 6.70. The molecule has 1 saturated carbocycles. The van der Waals surface area contributed by atoms with Gasteiger partial charge in [0.2, 0.25) is 5.88 Å². The second kappa shape index (κ2) is 9.45. The van der Waals surface area contributed by atoms with Gasteiger partial charge in [0.25, 0.3) is 0 Å². The number of benzene rings is 2. The van der Waals surface area contributed by atoms with Crippen molar-refractivity contribution in [3.63, 3.8) is 0 Å². The van der Waals surface area contributed by atoms with Crippen molar-refractivity contribution in [2.24, 2.45) is 0 Å². The number of nitrogens with zero attached hydrogens (tertiary/aromatic N) is 3. The first-order valence-corrected chi connectivity index (χ1v) is 14.0. The van der Waals surface area contributed by atoms with Crippen LogP contribution in [0.5, 0.6) is 5.88 Å². The van der Waals surface area contributed by atoms with Gasteiger partial charge in [-0.25, -0.2) is 4.98 Å². The normalized spacial score (nSPS) is 19.4. The number of rotatable bonds is 6. The summed E-state index contributed by atoms with van der Waals surface area (Å²) in [7, 11) is 0. The molecule has 7 heteroatoms. The zero-order chi connectivity index (χ0) is 24.7. The Morgan fingerprint density at radius 3 is 2.69 bits per heavy atom. The molecule has 2 aromatic carbocycles. The Kier molecular flexibility index (Phi) is 6.13. The van der Waals surface area contributed by atoms with Crippen LogP contribution >= 0.6 is 0 Å². The Bertz CT molecular complexity index is 1380. The summed E-state index contributed by atoms with van der Waals surface area (Å²) >= 11 is -0.987.